The van der Waals surface area contributed by atoms with E-state index in [2.05, 4.69) is 32.7 Å². The number of nitrogens with zero attached hydrogens (tertiary/aromatic N) is 5. The van der Waals surface area contributed by atoms with Crippen LogP contribution >= 0.6 is 0 Å². The van der Waals surface area contributed by atoms with Crippen molar-refractivity contribution in [2.24, 2.45) is 4.99 Å². The molecule has 0 unspecified atom stereocenters. The van der Waals surface area contributed by atoms with E-state index >= 15 is 0 Å². The highest BCUT2D eigenvalue weighted by molar-refractivity contribution is 7.89. The largest absolute Gasteiger partial charge is 0.355 e. The predicted octanol–water partition coefficient (Wildman–Crippen LogP) is 0.990. The molecule has 0 spiro atoms. The van der Waals surface area contributed by atoms with Gasteiger partial charge in [-0.1, -0.05) is 19.1 Å². The summed E-state index contributed by atoms with van der Waals surface area (Å²) in [7, 11) is -1.65. The average Bonchev–Trinajstić information content (AvgIpc) is 3.43. The third-order valence-corrected chi connectivity index (χ3v) is 6.88. The van der Waals surface area contributed by atoms with Crippen molar-refractivity contribution in [1.29, 1.82) is 0 Å². The molecule has 3 rings (SSSR count). The minimum atomic E-state index is -3.37. The molecular weight excluding hydrogens is 390 g/mol. The second-order valence-electron chi connectivity index (χ2n) is 6.90. The molecule has 0 radical (unpaired) electrons. The molecule has 0 bridgehead atoms. The molecule has 1 saturated heterocycles. The van der Waals surface area contributed by atoms with Gasteiger partial charge in [-0.05, 0) is 30.5 Å². The van der Waals surface area contributed by atoms with Crippen LogP contribution in [0.1, 0.15) is 31.2 Å². The van der Waals surface area contributed by atoms with Gasteiger partial charge in [0.05, 0.1) is 4.90 Å². The van der Waals surface area contributed by atoms with Gasteiger partial charge in [-0.25, -0.2) is 8.42 Å². The first-order chi connectivity index (χ1) is 14.0. The fourth-order valence-electron chi connectivity index (χ4n) is 3.30. The van der Waals surface area contributed by atoms with E-state index in [1.807, 2.05) is 16.7 Å². The van der Waals surface area contributed by atoms with Crippen molar-refractivity contribution in [1.82, 2.24) is 29.7 Å². The molecule has 158 valence electrons. The molecule has 29 heavy (non-hydrogen) atoms. The molecule has 1 aromatic carbocycles. The summed E-state index contributed by atoms with van der Waals surface area (Å²) in [5.74, 6) is 1.64. The van der Waals surface area contributed by atoms with Crippen molar-refractivity contribution >= 4 is 16.0 Å². The van der Waals surface area contributed by atoms with Crippen molar-refractivity contribution < 1.29 is 8.42 Å². The van der Waals surface area contributed by atoms with E-state index in [9.17, 15) is 8.42 Å². The molecule has 10 heteroatoms. The first-order valence-corrected chi connectivity index (χ1v) is 11.4. The molecule has 2 aromatic rings. The maximum Gasteiger partial charge on any atom is 0.243 e. The van der Waals surface area contributed by atoms with Crippen LogP contribution in [0.3, 0.4) is 0 Å². The molecule has 1 aliphatic heterocycles. The molecular formula is C19H29N7O2S. The van der Waals surface area contributed by atoms with E-state index in [0.717, 1.165) is 37.2 Å². The van der Waals surface area contributed by atoms with Crippen LogP contribution in [0.4, 0.5) is 0 Å². The summed E-state index contributed by atoms with van der Waals surface area (Å²) < 4.78 is 28.8. The van der Waals surface area contributed by atoms with Crippen LogP contribution in [0.2, 0.25) is 0 Å². The number of aromatic nitrogens is 3. The normalized spacial score (nSPS) is 15.6. The van der Waals surface area contributed by atoms with Gasteiger partial charge in [-0.3, -0.25) is 4.99 Å². The van der Waals surface area contributed by atoms with Gasteiger partial charge >= 0.3 is 0 Å². The summed E-state index contributed by atoms with van der Waals surface area (Å²) in [6, 6.07) is 7.04. The zero-order valence-corrected chi connectivity index (χ0v) is 17.8. The number of hydrogen-bond donors (Lipinski definition) is 2. The number of aryl methyl sites for hydroxylation is 1. The minimum Gasteiger partial charge on any atom is -0.355 e. The smallest absolute Gasteiger partial charge is 0.243 e. The van der Waals surface area contributed by atoms with E-state index in [-0.39, 0.29) is 0 Å². The summed E-state index contributed by atoms with van der Waals surface area (Å²) in [5.41, 5.74) is 0.986. The van der Waals surface area contributed by atoms with Gasteiger partial charge in [0, 0.05) is 46.2 Å². The molecule has 1 aromatic heterocycles. The summed E-state index contributed by atoms with van der Waals surface area (Å²) >= 11 is 0. The highest BCUT2D eigenvalue weighted by Crippen LogP contribution is 2.21. The Hall–Kier alpha value is -2.46. The van der Waals surface area contributed by atoms with Crippen LogP contribution < -0.4 is 10.6 Å². The second-order valence-corrected chi connectivity index (χ2v) is 8.84. The number of guanidine groups is 1. The van der Waals surface area contributed by atoms with Gasteiger partial charge in [-0.2, -0.15) is 4.31 Å². The fraction of sp³-hybridized carbons (Fsp3) is 0.526. The maximum absolute atomic E-state index is 12.6. The van der Waals surface area contributed by atoms with Crippen molar-refractivity contribution in [3.63, 3.8) is 0 Å². The van der Waals surface area contributed by atoms with Gasteiger partial charge < -0.3 is 15.2 Å². The minimum absolute atomic E-state index is 0.353. The molecule has 0 atom stereocenters. The van der Waals surface area contributed by atoms with Crippen molar-refractivity contribution in [3.8, 4) is 0 Å². The van der Waals surface area contributed by atoms with Crippen molar-refractivity contribution in [2.75, 3.05) is 26.7 Å². The topological polar surface area (TPSA) is 105 Å². The predicted molar refractivity (Wildman–Crippen MR) is 112 cm³/mol. The van der Waals surface area contributed by atoms with Crippen molar-refractivity contribution in [2.45, 2.75) is 44.2 Å². The lowest BCUT2D eigenvalue weighted by atomic mass is 10.2. The third-order valence-electron chi connectivity index (χ3n) is 4.97. The van der Waals surface area contributed by atoms with Crippen LogP contribution in [0.25, 0.3) is 0 Å². The zero-order valence-electron chi connectivity index (χ0n) is 17.0. The Labute approximate surface area is 172 Å². The Balaban J connectivity index is 1.49. The third kappa shape index (κ3) is 5.33. The van der Waals surface area contributed by atoms with Crippen LogP contribution in [-0.2, 0) is 29.5 Å². The lowest BCUT2D eigenvalue weighted by Crippen LogP contribution is -2.38. The highest BCUT2D eigenvalue weighted by Gasteiger charge is 2.26. The quantitative estimate of drug-likeness (QED) is 0.488. The summed E-state index contributed by atoms with van der Waals surface area (Å²) in [6.45, 7) is 5.27. The molecule has 2 heterocycles. The molecule has 0 amide bonds. The van der Waals surface area contributed by atoms with E-state index in [4.69, 9.17) is 0 Å². The van der Waals surface area contributed by atoms with E-state index in [1.54, 1.807) is 29.8 Å². The standard InChI is InChI=1S/C19H29N7O2S/c1-3-18-24-23-15-25(18)13-10-21-19(20-2)22-14-16-6-8-17(9-7-16)29(27,28)26-11-4-5-12-26/h6-9,15H,3-5,10-14H2,1-2H3,(H2,20,21,22). The first kappa shape index (κ1) is 21.3. The van der Waals surface area contributed by atoms with Gasteiger partial charge in [0.2, 0.25) is 10.0 Å². The Bertz CT molecular complexity index is 916. The average molecular weight is 420 g/mol. The Morgan fingerprint density at radius 3 is 2.55 bits per heavy atom. The van der Waals surface area contributed by atoms with Gasteiger partial charge in [0.1, 0.15) is 12.2 Å². The number of nitrogens with one attached hydrogen (secondary N) is 2. The number of sulfonamides is 1. The summed E-state index contributed by atoms with van der Waals surface area (Å²) in [6.07, 6.45) is 4.44. The molecule has 9 nitrogen and oxygen atoms in total. The lowest BCUT2D eigenvalue weighted by molar-refractivity contribution is 0.477. The Morgan fingerprint density at radius 2 is 1.90 bits per heavy atom. The number of rotatable bonds is 8. The van der Waals surface area contributed by atoms with E-state index < -0.39 is 10.0 Å². The molecule has 1 fully saturated rings. The molecule has 2 N–H and O–H groups in total. The van der Waals surface area contributed by atoms with Crippen LogP contribution in [0.15, 0.2) is 40.5 Å². The van der Waals surface area contributed by atoms with Gasteiger partial charge in [0.15, 0.2) is 5.96 Å². The van der Waals surface area contributed by atoms with E-state index in [1.165, 1.54) is 0 Å². The number of benzene rings is 1. The van der Waals surface area contributed by atoms with E-state index in [0.29, 0.717) is 37.0 Å². The fourth-order valence-corrected chi connectivity index (χ4v) is 4.81. The maximum atomic E-state index is 12.6. The second kappa shape index (κ2) is 9.84. The van der Waals surface area contributed by atoms with Crippen LogP contribution in [0.5, 0.6) is 0 Å². The van der Waals surface area contributed by atoms with Gasteiger partial charge in [-0.15, -0.1) is 10.2 Å². The van der Waals surface area contributed by atoms with Crippen LogP contribution in [-0.4, -0.2) is 60.1 Å². The van der Waals surface area contributed by atoms with Crippen LogP contribution in [0, 0.1) is 0 Å². The molecule has 0 aliphatic carbocycles. The Morgan fingerprint density at radius 1 is 1.17 bits per heavy atom. The SMILES string of the molecule is CCc1nncn1CCNC(=NC)NCc1ccc(S(=O)(=O)N2CCCC2)cc1. The Kier molecular flexibility index (Phi) is 7.21. The number of hydrogen-bond acceptors (Lipinski definition) is 5. The monoisotopic (exact) mass is 419 g/mol. The zero-order chi connectivity index (χ0) is 20.7. The number of aliphatic imine (C=N–C) groups is 1. The highest BCUT2D eigenvalue weighted by atomic mass is 32.2. The first-order valence-electron chi connectivity index (χ1n) is 9.95. The lowest BCUT2D eigenvalue weighted by Gasteiger charge is -2.16. The van der Waals surface area contributed by atoms with Gasteiger partial charge in [0.25, 0.3) is 0 Å². The summed E-state index contributed by atoms with van der Waals surface area (Å²) in [4.78, 5) is 4.58. The molecule has 0 saturated carbocycles. The molecule has 1 aliphatic rings. The summed E-state index contributed by atoms with van der Waals surface area (Å²) in [5, 5.41) is 14.5. The van der Waals surface area contributed by atoms with Crippen molar-refractivity contribution in [3.05, 3.63) is 42.0 Å².